The molecular formula is C34H42F2N10O13P2. The molecule has 4 fully saturated rings. The molecule has 4 saturated heterocycles. The molecule has 6 N–H and O–H groups in total. The van der Waals surface area contributed by atoms with Crippen molar-refractivity contribution in [3.63, 3.8) is 0 Å². The summed E-state index contributed by atoms with van der Waals surface area (Å²) in [6.45, 7) is 6.08. The maximum atomic E-state index is 16.2. The Bertz CT molecular complexity index is 2520. The van der Waals surface area contributed by atoms with Crippen molar-refractivity contribution in [2.45, 2.75) is 94.5 Å². The van der Waals surface area contributed by atoms with E-state index in [1.54, 1.807) is 27.7 Å². The summed E-state index contributed by atoms with van der Waals surface area (Å²) in [5.74, 6) is -7.09. The molecule has 27 heteroatoms. The molecule has 9 atom stereocenters. The third kappa shape index (κ3) is 8.76. The molecule has 0 saturated carbocycles. The summed E-state index contributed by atoms with van der Waals surface area (Å²) in [5, 5.41) is 0. The average molecular weight is 899 g/mol. The van der Waals surface area contributed by atoms with E-state index < -0.39 is 88.8 Å². The number of nitrogens with zero attached hydrogens (tertiary/aromatic N) is 8. The summed E-state index contributed by atoms with van der Waals surface area (Å²) in [5.41, 5.74) is 13.7. The van der Waals surface area contributed by atoms with Gasteiger partial charge in [-0.1, -0.05) is 30.3 Å². The Kier molecular flexibility index (Phi) is 11.1. The first-order valence-electron chi connectivity index (χ1n) is 18.5. The Morgan fingerprint density at radius 1 is 0.689 bits per heavy atom. The highest BCUT2D eigenvalue weighted by atomic mass is 31.2. The van der Waals surface area contributed by atoms with Crippen molar-refractivity contribution in [2.75, 3.05) is 31.3 Å². The number of phosphoric acid groups is 1. The first-order chi connectivity index (χ1) is 28.6. The number of phosphoric ester groups is 1. The number of hydrogen-bond donors (Lipinski definition) is 4. The topological polar surface area (TPSA) is 297 Å². The van der Waals surface area contributed by atoms with Crippen LogP contribution in [0.3, 0.4) is 0 Å². The van der Waals surface area contributed by atoms with Gasteiger partial charge < -0.3 is 58.7 Å². The van der Waals surface area contributed by atoms with Gasteiger partial charge in [0.15, 0.2) is 59.2 Å². The average Bonchev–Trinajstić information content (AvgIpc) is 4.03. The van der Waals surface area contributed by atoms with Crippen molar-refractivity contribution >= 4 is 49.4 Å². The molecule has 330 valence electrons. The van der Waals surface area contributed by atoms with Crippen LogP contribution in [0.15, 0.2) is 55.6 Å². The van der Waals surface area contributed by atoms with Gasteiger partial charge >= 0.3 is 15.4 Å². The van der Waals surface area contributed by atoms with E-state index in [0.29, 0.717) is 16.7 Å². The zero-order chi connectivity index (χ0) is 43.8. The Labute approximate surface area is 344 Å². The van der Waals surface area contributed by atoms with Gasteiger partial charge in [0.1, 0.15) is 49.1 Å². The number of ether oxygens (including phenoxy) is 6. The van der Waals surface area contributed by atoms with Crippen LogP contribution in [0.4, 0.5) is 20.4 Å². The van der Waals surface area contributed by atoms with Crippen LogP contribution in [0.5, 0.6) is 0 Å². The van der Waals surface area contributed by atoms with Crippen molar-refractivity contribution in [2.24, 2.45) is 0 Å². The van der Waals surface area contributed by atoms with Crippen molar-refractivity contribution in [3.8, 4) is 0 Å². The SMILES string of the molecule is CC1(C)OC2[C@H](n3cnc4c(N)ncnc43)O[C@](F)(COP(=O)(O)O)[C@@H]2O1.CC1(C)OC2[C@H](n3cnc4c(N)ncnc43)O[C@](F)(COP(C)(=O)OCc3ccccc3)[C@@H]2O1. The van der Waals surface area contributed by atoms with Crippen LogP contribution in [0, 0.1) is 0 Å². The number of nitrogens with two attached hydrogens (primary N) is 2. The number of fused-ring (bicyclic) bond motifs is 4. The molecule has 4 aliphatic rings. The van der Waals surface area contributed by atoms with E-state index in [1.165, 1.54) is 41.1 Å². The monoisotopic (exact) mass is 898 g/mol. The minimum Gasteiger partial charge on any atom is -0.382 e. The van der Waals surface area contributed by atoms with E-state index in [1.807, 2.05) is 30.3 Å². The lowest BCUT2D eigenvalue weighted by Gasteiger charge is -2.29. The molecule has 0 radical (unpaired) electrons. The fourth-order valence-electron chi connectivity index (χ4n) is 7.29. The lowest BCUT2D eigenvalue weighted by molar-refractivity contribution is -0.263. The zero-order valence-electron chi connectivity index (χ0n) is 33.0. The lowest BCUT2D eigenvalue weighted by Crippen LogP contribution is -2.43. The molecule has 61 heavy (non-hydrogen) atoms. The largest absolute Gasteiger partial charge is 0.469 e. The summed E-state index contributed by atoms with van der Waals surface area (Å²) in [6, 6.07) is 9.17. The number of rotatable bonds is 11. The Morgan fingerprint density at radius 3 is 1.61 bits per heavy atom. The molecule has 4 aromatic heterocycles. The molecule has 3 unspecified atom stereocenters. The summed E-state index contributed by atoms with van der Waals surface area (Å²) in [6.07, 6.45) is -1.13. The number of nitrogen functional groups attached to an aromatic ring is 2. The van der Waals surface area contributed by atoms with Gasteiger partial charge in [-0.15, -0.1) is 0 Å². The maximum absolute atomic E-state index is 16.2. The predicted octanol–water partition coefficient (Wildman–Crippen LogP) is 3.41. The summed E-state index contributed by atoms with van der Waals surface area (Å²) >= 11 is 0. The minimum atomic E-state index is -4.93. The molecular weight excluding hydrogens is 856 g/mol. The van der Waals surface area contributed by atoms with E-state index >= 15 is 8.78 Å². The van der Waals surface area contributed by atoms with Gasteiger partial charge in [-0.05, 0) is 33.3 Å². The highest BCUT2D eigenvalue weighted by Crippen LogP contribution is 2.54. The van der Waals surface area contributed by atoms with Gasteiger partial charge in [0.05, 0.1) is 19.3 Å². The molecule has 0 spiro atoms. The smallest absolute Gasteiger partial charge is 0.382 e. The second-order valence-electron chi connectivity index (χ2n) is 15.4. The number of imidazole rings is 2. The van der Waals surface area contributed by atoms with E-state index in [0.717, 1.165) is 5.56 Å². The third-order valence-corrected chi connectivity index (χ3v) is 11.5. The zero-order valence-corrected chi connectivity index (χ0v) is 34.8. The molecule has 8 heterocycles. The van der Waals surface area contributed by atoms with E-state index in [4.69, 9.17) is 58.7 Å². The van der Waals surface area contributed by atoms with E-state index in [2.05, 4.69) is 34.4 Å². The van der Waals surface area contributed by atoms with Crippen LogP contribution in [-0.2, 0) is 57.7 Å². The highest BCUT2D eigenvalue weighted by molar-refractivity contribution is 7.52. The Morgan fingerprint density at radius 2 is 1.15 bits per heavy atom. The number of aromatic nitrogens is 8. The van der Waals surface area contributed by atoms with Gasteiger partial charge in [0.25, 0.3) is 11.7 Å². The fraction of sp³-hybridized carbons (Fsp3) is 0.529. The van der Waals surface area contributed by atoms with Crippen LogP contribution >= 0.6 is 15.4 Å². The van der Waals surface area contributed by atoms with Crippen LogP contribution in [0.2, 0.25) is 0 Å². The van der Waals surface area contributed by atoms with Gasteiger partial charge in [0, 0.05) is 6.66 Å². The van der Waals surface area contributed by atoms with Crippen molar-refractivity contribution in [3.05, 3.63) is 61.2 Å². The maximum Gasteiger partial charge on any atom is 0.469 e. The number of anilines is 2. The first kappa shape index (κ1) is 43.4. The number of alkyl halides is 2. The predicted molar refractivity (Wildman–Crippen MR) is 204 cm³/mol. The minimum absolute atomic E-state index is 0.0538. The van der Waals surface area contributed by atoms with Crippen LogP contribution in [0.25, 0.3) is 22.3 Å². The highest BCUT2D eigenvalue weighted by Gasteiger charge is 2.66. The van der Waals surface area contributed by atoms with Crippen molar-refractivity contribution in [1.82, 2.24) is 39.0 Å². The molecule has 23 nitrogen and oxygen atoms in total. The van der Waals surface area contributed by atoms with Crippen LogP contribution in [0.1, 0.15) is 45.7 Å². The van der Waals surface area contributed by atoms with Crippen molar-refractivity contribution < 1.29 is 69.7 Å². The van der Waals surface area contributed by atoms with E-state index in [9.17, 15) is 9.13 Å². The van der Waals surface area contributed by atoms with Gasteiger partial charge in [-0.2, -0.15) is 0 Å². The van der Waals surface area contributed by atoms with Crippen LogP contribution < -0.4 is 11.5 Å². The molecule has 0 bridgehead atoms. The summed E-state index contributed by atoms with van der Waals surface area (Å²) in [4.78, 5) is 42.2. The van der Waals surface area contributed by atoms with Crippen molar-refractivity contribution in [1.29, 1.82) is 0 Å². The third-order valence-electron chi connectivity index (χ3n) is 9.86. The first-order valence-corrected chi connectivity index (χ1v) is 22.0. The van der Waals surface area contributed by atoms with Gasteiger partial charge in [0.2, 0.25) is 0 Å². The van der Waals surface area contributed by atoms with Gasteiger partial charge in [-0.3, -0.25) is 18.2 Å². The molecule has 1 aromatic carbocycles. The number of benzene rings is 1. The summed E-state index contributed by atoms with van der Waals surface area (Å²) in [7, 11) is -8.55. The molecule has 5 aromatic rings. The summed E-state index contributed by atoms with van der Waals surface area (Å²) < 4.78 is 108. The Hall–Kier alpha value is -4.20. The van der Waals surface area contributed by atoms with E-state index in [-0.39, 0.29) is 23.9 Å². The molecule has 4 aliphatic heterocycles. The standard InChI is InChI=1S/C21H25FN5O6P.C13H17FN5O7P/c1-20(2)31-15-16(32-20)21(22,10-30-34(3,28)29-9-13-7-5-4-6-8-13)33-19(15)27-12-26-14-17(23)24-11-25-18(14)27;1-12(2)24-7-8(25-12)13(14,3-23-27(20,21)22)26-11(7)19-5-18-6-9(15)16-4-17-10(6)19/h4-8,11-12,15-16,19H,9-10H2,1-3H3,(H2,23,24,25);4-5,7-8,11H,3H2,1-2H3,(H2,15,16,17)(H2,20,21,22)/t15?,16-,19-,21-,34?;7?,8-,11-,13-/m11/s1. The fourth-order valence-corrected chi connectivity index (χ4v) is 8.50. The molecule has 0 aliphatic carbocycles. The normalized spacial score (nSPS) is 31.2. The van der Waals surface area contributed by atoms with Gasteiger partial charge in [-0.25, -0.2) is 43.2 Å². The lowest BCUT2D eigenvalue weighted by atomic mass is 10.1. The second kappa shape index (κ2) is 15.6. The molecule has 9 rings (SSSR count). The number of halogens is 2. The molecule has 0 amide bonds. The second-order valence-corrected chi connectivity index (χ2v) is 18.7. The number of hydrogen-bond acceptors (Lipinski definition) is 19. The van der Waals surface area contributed by atoms with Crippen LogP contribution in [-0.4, -0.2) is 116 Å². The Balaban J connectivity index is 0.000000173. The quantitative estimate of drug-likeness (QED) is 0.138.